The molecule has 3 heterocycles. The highest BCUT2D eigenvalue weighted by atomic mass is 127. The molecule has 0 aliphatic carbocycles. The lowest BCUT2D eigenvalue weighted by Crippen LogP contribution is -2.68. The fourth-order valence-electron chi connectivity index (χ4n) is 6.74. The lowest BCUT2D eigenvalue weighted by atomic mass is 9.95. The van der Waals surface area contributed by atoms with Gasteiger partial charge in [0, 0.05) is 69.2 Å². The minimum Gasteiger partial charge on any atom is -0.463 e. The third-order valence-corrected chi connectivity index (χ3v) is 9.81. The van der Waals surface area contributed by atoms with Gasteiger partial charge < -0.3 is 71.1 Å². The molecule has 0 aromatic rings. The SMILES string of the molecule is CC(=O)OC[C@H]1O[C@H](I)[C@H](OC(C)=O)[C@@H](OC(C)=O)[C@@H]1O[C@H]1O[C@H](COC(C)=O)[C@@H](O[C@H]2O[C@H](COC(C)=O)[C@@H](OC(C)=O)[C@H](OC(C)=O)[C@H]2OC(C)=O)[C@H](OC(C)=O)[C@H]1OC(C)=O. The summed E-state index contributed by atoms with van der Waals surface area (Å²) in [4.78, 5) is 124. The summed E-state index contributed by atoms with van der Waals surface area (Å²) >= 11 is 1.76. The third kappa shape index (κ3) is 16.0. The lowest BCUT2D eigenvalue weighted by molar-refractivity contribution is -0.372. The van der Waals surface area contributed by atoms with Crippen LogP contribution in [0.5, 0.6) is 0 Å². The molecule has 3 aliphatic rings. The second kappa shape index (κ2) is 24.5. The topological polar surface area (TPSA) is 309 Å². The molecule has 15 atom stereocenters. The van der Waals surface area contributed by atoms with Crippen LogP contribution in [0.15, 0.2) is 0 Å². The largest absolute Gasteiger partial charge is 0.463 e. The van der Waals surface area contributed by atoms with E-state index >= 15 is 0 Å². The van der Waals surface area contributed by atoms with E-state index in [9.17, 15) is 47.9 Å². The maximum atomic E-state index is 12.9. The van der Waals surface area contributed by atoms with Gasteiger partial charge in [-0.3, -0.25) is 47.9 Å². The zero-order valence-corrected chi connectivity index (χ0v) is 38.5. The van der Waals surface area contributed by atoms with Gasteiger partial charge in [-0.25, -0.2) is 0 Å². The molecule has 64 heavy (non-hydrogen) atoms. The second-order valence-corrected chi connectivity index (χ2v) is 15.5. The van der Waals surface area contributed by atoms with Crippen molar-refractivity contribution in [3.05, 3.63) is 0 Å². The molecule has 0 spiro atoms. The van der Waals surface area contributed by atoms with E-state index in [1.165, 1.54) is 0 Å². The van der Waals surface area contributed by atoms with E-state index in [2.05, 4.69) is 0 Å². The highest BCUT2D eigenvalue weighted by molar-refractivity contribution is 14.1. The van der Waals surface area contributed by atoms with Gasteiger partial charge in [0.05, 0.1) is 0 Å². The smallest absolute Gasteiger partial charge is 0.303 e. The number of rotatable bonds is 17. The molecule has 26 heteroatoms. The molecule has 0 radical (unpaired) electrons. The zero-order chi connectivity index (χ0) is 48.2. The Kier molecular flexibility index (Phi) is 20.5. The Balaban J connectivity index is 2.28. The van der Waals surface area contributed by atoms with Gasteiger partial charge in [0.25, 0.3) is 0 Å². The lowest BCUT2D eigenvalue weighted by Gasteiger charge is -2.50. The van der Waals surface area contributed by atoms with Crippen LogP contribution in [0, 0.1) is 0 Å². The van der Waals surface area contributed by atoms with E-state index in [-0.39, 0.29) is 0 Å². The Morgan fingerprint density at radius 1 is 0.328 bits per heavy atom. The Bertz CT molecular complexity index is 1740. The maximum Gasteiger partial charge on any atom is 0.303 e. The molecule has 3 saturated heterocycles. The number of alkyl halides is 1. The van der Waals surface area contributed by atoms with Crippen molar-refractivity contribution >= 4 is 82.3 Å². The van der Waals surface area contributed by atoms with E-state index < -0.39 is 169 Å². The number of carbonyl (C=O) groups is 10. The molecule has 0 aromatic carbocycles. The number of hydrogen-bond donors (Lipinski definition) is 0. The van der Waals surface area contributed by atoms with E-state index in [4.69, 9.17) is 71.1 Å². The normalized spacial score (nSPS) is 32.3. The number of hydrogen-bond acceptors (Lipinski definition) is 25. The minimum atomic E-state index is -1.96. The standard InChI is InChI=1S/C38H51IO25/c1-14(40)50-11-24-28(30(54-18(5)44)33(36(39)60-24)57-21(8)47)63-38-35(59-23(10)49)32(56-20(7)46)29(26(62-38)13-52-16(3)42)64-37-34(58-22(9)48)31(55-19(6)45)27(53-17(4)43)25(61-37)12-51-15(2)41/h24-38H,11-13H2,1-10H3/t24-,25-,26-,27-,28-,29-,30+,31+,32+,33-,34-,35-,36+,37-,38-/m1/s1. The Hall–Kier alpha value is -4.77. The molecular weight excluding hydrogens is 983 g/mol. The summed E-state index contributed by atoms with van der Waals surface area (Å²) in [5.41, 5.74) is 0. The van der Waals surface area contributed by atoms with Crippen LogP contribution in [-0.4, -0.2) is 169 Å². The van der Waals surface area contributed by atoms with E-state index in [1.54, 1.807) is 22.6 Å². The molecule has 0 saturated carbocycles. The van der Waals surface area contributed by atoms with Crippen molar-refractivity contribution in [2.24, 2.45) is 0 Å². The molecule has 3 rings (SSSR count). The van der Waals surface area contributed by atoms with Crippen molar-refractivity contribution in [1.82, 2.24) is 0 Å². The summed E-state index contributed by atoms with van der Waals surface area (Å²) < 4.78 is 84.5. The Labute approximate surface area is 379 Å². The van der Waals surface area contributed by atoms with Crippen LogP contribution in [0.4, 0.5) is 0 Å². The van der Waals surface area contributed by atoms with Crippen molar-refractivity contribution in [3.63, 3.8) is 0 Å². The van der Waals surface area contributed by atoms with Crippen molar-refractivity contribution in [2.75, 3.05) is 19.8 Å². The quantitative estimate of drug-likeness (QED) is 0.0773. The minimum absolute atomic E-state index is 0.548. The number of carbonyl (C=O) groups excluding carboxylic acids is 10. The predicted octanol–water partition coefficient (Wildman–Crippen LogP) is -0.422. The molecule has 25 nitrogen and oxygen atoms in total. The van der Waals surface area contributed by atoms with Crippen LogP contribution in [0.25, 0.3) is 0 Å². The summed E-state index contributed by atoms with van der Waals surface area (Å²) in [6.07, 6.45) is -23.8. The van der Waals surface area contributed by atoms with Gasteiger partial charge in [-0.1, -0.05) is 0 Å². The molecule has 0 bridgehead atoms. The second-order valence-electron chi connectivity index (χ2n) is 14.2. The third-order valence-electron chi connectivity index (χ3n) is 8.81. The monoisotopic (exact) mass is 1030 g/mol. The molecular formula is C38H51IO25. The zero-order valence-electron chi connectivity index (χ0n) is 36.4. The van der Waals surface area contributed by atoms with Crippen LogP contribution < -0.4 is 0 Å². The average Bonchev–Trinajstić information content (AvgIpc) is 3.15. The van der Waals surface area contributed by atoms with Crippen LogP contribution in [-0.2, 0) is 119 Å². The van der Waals surface area contributed by atoms with Gasteiger partial charge in [0.15, 0.2) is 55.3 Å². The number of ether oxygens (including phenoxy) is 15. The number of esters is 10. The maximum absolute atomic E-state index is 12.9. The van der Waals surface area contributed by atoms with Crippen LogP contribution in [0.2, 0.25) is 0 Å². The van der Waals surface area contributed by atoms with E-state index in [0.717, 1.165) is 69.2 Å². The summed E-state index contributed by atoms with van der Waals surface area (Å²) in [6, 6.07) is 0. The van der Waals surface area contributed by atoms with Crippen LogP contribution >= 0.6 is 22.6 Å². The summed E-state index contributed by atoms with van der Waals surface area (Å²) in [5, 5.41) is 0. The van der Waals surface area contributed by atoms with Crippen LogP contribution in [0.3, 0.4) is 0 Å². The first-order valence-corrected chi connectivity index (χ1v) is 20.6. The molecule has 0 aromatic heterocycles. The first kappa shape index (κ1) is 53.6. The van der Waals surface area contributed by atoms with Crippen molar-refractivity contribution in [1.29, 1.82) is 0 Å². The molecule has 0 N–H and O–H groups in total. The van der Waals surface area contributed by atoms with Gasteiger partial charge in [0.1, 0.15) is 54.5 Å². The van der Waals surface area contributed by atoms with E-state index in [1.807, 2.05) is 0 Å². The molecule has 360 valence electrons. The van der Waals surface area contributed by atoms with Crippen molar-refractivity contribution < 1.29 is 119 Å². The molecule has 0 amide bonds. The molecule has 0 unspecified atom stereocenters. The first-order chi connectivity index (χ1) is 29.9. The highest BCUT2D eigenvalue weighted by Crippen LogP contribution is 2.38. The fraction of sp³-hybridized carbons (Fsp3) is 0.737. The predicted molar refractivity (Wildman–Crippen MR) is 209 cm³/mol. The fourth-order valence-corrected chi connectivity index (χ4v) is 7.68. The first-order valence-electron chi connectivity index (χ1n) is 19.4. The van der Waals surface area contributed by atoms with Gasteiger partial charge >= 0.3 is 59.7 Å². The summed E-state index contributed by atoms with van der Waals surface area (Å²) in [5.74, 6) is -9.11. The molecule has 3 fully saturated rings. The van der Waals surface area contributed by atoms with Crippen LogP contribution in [0.1, 0.15) is 69.2 Å². The Morgan fingerprint density at radius 2 is 0.578 bits per heavy atom. The van der Waals surface area contributed by atoms with E-state index in [0.29, 0.717) is 0 Å². The van der Waals surface area contributed by atoms with Crippen molar-refractivity contribution in [3.8, 4) is 0 Å². The van der Waals surface area contributed by atoms with Gasteiger partial charge in [-0.15, -0.1) is 0 Å². The number of halogens is 1. The van der Waals surface area contributed by atoms with Gasteiger partial charge in [-0.05, 0) is 22.6 Å². The van der Waals surface area contributed by atoms with Crippen molar-refractivity contribution in [2.45, 2.75) is 159 Å². The summed E-state index contributed by atoms with van der Waals surface area (Å²) in [6.45, 7) is 8.25. The average molecular weight is 1030 g/mol. The highest BCUT2D eigenvalue weighted by Gasteiger charge is 2.59. The molecule has 3 aliphatic heterocycles. The Morgan fingerprint density at radius 3 is 0.906 bits per heavy atom. The van der Waals surface area contributed by atoms with Gasteiger partial charge in [-0.2, -0.15) is 0 Å². The van der Waals surface area contributed by atoms with Gasteiger partial charge in [0.2, 0.25) is 0 Å². The summed E-state index contributed by atoms with van der Waals surface area (Å²) in [7, 11) is 0.